The number of fused-ring (bicyclic) bond motifs is 1. The van der Waals surface area contributed by atoms with Gasteiger partial charge in [0, 0.05) is 44.0 Å². The van der Waals surface area contributed by atoms with Crippen LogP contribution < -0.4 is 14.4 Å². The first-order valence-corrected chi connectivity index (χ1v) is 13.8. The van der Waals surface area contributed by atoms with Crippen molar-refractivity contribution in [3.63, 3.8) is 0 Å². The van der Waals surface area contributed by atoms with Crippen LogP contribution in [0.15, 0.2) is 42.7 Å². The Labute approximate surface area is 215 Å². The van der Waals surface area contributed by atoms with Gasteiger partial charge in [-0.15, -0.1) is 0 Å². The lowest BCUT2D eigenvalue weighted by Crippen LogP contribution is -2.41. The maximum atomic E-state index is 14.4. The molecule has 4 heterocycles. The number of rotatable bonds is 8. The summed E-state index contributed by atoms with van der Waals surface area (Å²) in [5, 5.41) is 4.21. The number of amides is 1. The van der Waals surface area contributed by atoms with Crippen LogP contribution in [0.4, 0.5) is 10.1 Å². The van der Waals surface area contributed by atoms with E-state index in [0.717, 1.165) is 41.4 Å². The highest BCUT2D eigenvalue weighted by molar-refractivity contribution is 7.87. The van der Waals surface area contributed by atoms with Crippen molar-refractivity contribution in [2.75, 3.05) is 38.3 Å². The van der Waals surface area contributed by atoms with Gasteiger partial charge in [-0.2, -0.15) is 17.8 Å². The van der Waals surface area contributed by atoms with Crippen molar-refractivity contribution in [2.24, 2.45) is 0 Å². The Morgan fingerprint density at radius 1 is 1.30 bits per heavy atom. The molecule has 2 aliphatic rings. The number of hydrogen-bond acceptors (Lipinski definition) is 7. The quantitative estimate of drug-likeness (QED) is 0.477. The molecule has 0 saturated carbocycles. The van der Waals surface area contributed by atoms with E-state index >= 15 is 0 Å². The standard InChI is InChI=1S/C25H30FN5O5S/c1-3-29(2)37(33,34)28-25(32)21-15-27-31-11-8-18(14-23(21)31)30-10-4-5-22(30)20-13-17(26)6-7-24(20)36-19-9-12-35-16-19/h6-8,11,13-15,19,22H,3-5,9-10,12,16H2,1-2H3,(H,28,32). The monoisotopic (exact) mass is 531 g/mol. The van der Waals surface area contributed by atoms with E-state index in [1.54, 1.807) is 25.3 Å². The number of halogens is 1. The van der Waals surface area contributed by atoms with Gasteiger partial charge < -0.3 is 14.4 Å². The third-order valence-corrected chi connectivity index (χ3v) is 8.45. The van der Waals surface area contributed by atoms with Crippen molar-refractivity contribution >= 4 is 27.3 Å². The smallest absolute Gasteiger partial charge is 0.303 e. The molecular formula is C25H30FN5O5S. The van der Waals surface area contributed by atoms with Crippen LogP contribution >= 0.6 is 0 Å². The van der Waals surface area contributed by atoms with Crippen LogP contribution in [0.2, 0.25) is 0 Å². The Morgan fingerprint density at radius 3 is 2.89 bits per heavy atom. The summed E-state index contributed by atoms with van der Waals surface area (Å²) >= 11 is 0. The molecule has 1 amide bonds. The molecule has 0 spiro atoms. The molecule has 12 heteroatoms. The molecule has 1 N–H and O–H groups in total. The second kappa shape index (κ2) is 10.3. The van der Waals surface area contributed by atoms with Gasteiger partial charge in [0.05, 0.1) is 36.5 Å². The molecule has 2 aliphatic heterocycles. The zero-order valence-electron chi connectivity index (χ0n) is 20.8. The number of hydrogen-bond donors (Lipinski definition) is 1. The van der Waals surface area contributed by atoms with Gasteiger partial charge in [-0.3, -0.25) is 4.79 Å². The number of aromatic nitrogens is 2. The predicted molar refractivity (Wildman–Crippen MR) is 135 cm³/mol. The van der Waals surface area contributed by atoms with E-state index in [4.69, 9.17) is 9.47 Å². The number of carbonyl (C=O) groups excluding carboxylic acids is 1. The van der Waals surface area contributed by atoms with E-state index < -0.39 is 16.1 Å². The van der Waals surface area contributed by atoms with Gasteiger partial charge in [0.15, 0.2) is 0 Å². The fourth-order valence-electron chi connectivity index (χ4n) is 4.81. The Balaban J connectivity index is 1.45. The van der Waals surface area contributed by atoms with Crippen LogP contribution in [0, 0.1) is 5.82 Å². The predicted octanol–water partition coefficient (Wildman–Crippen LogP) is 2.91. The molecule has 37 heavy (non-hydrogen) atoms. The van der Waals surface area contributed by atoms with E-state index in [0.29, 0.717) is 24.5 Å². The molecular weight excluding hydrogens is 501 g/mol. The number of nitrogens with one attached hydrogen (secondary N) is 1. The summed E-state index contributed by atoms with van der Waals surface area (Å²) < 4.78 is 55.4. The van der Waals surface area contributed by atoms with Gasteiger partial charge in [-0.05, 0) is 43.2 Å². The number of anilines is 1. The van der Waals surface area contributed by atoms with E-state index in [1.165, 1.54) is 29.9 Å². The summed E-state index contributed by atoms with van der Waals surface area (Å²) in [5.41, 5.74) is 2.19. The molecule has 1 aromatic carbocycles. The molecule has 0 radical (unpaired) electrons. The van der Waals surface area contributed by atoms with Crippen LogP contribution in [-0.4, -0.2) is 67.7 Å². The van der Waals surface area contributed by atoms with Gasteiger partial charge >= 0.3 is 10.2 Å². The SMILES string of the molecule is CCN(C)S(=O)(=O)NC(=O)c1cnn2ccc(N3CCCC3c3cc(F)ccc3OC3CCOC3)cc12. The van der Waals surface area contributed by atoms with Crippen LogP contribution in [0.25, 0.3) is 5.52 Å². The van der Waals surface area contributed by atoms with E-state index in [1.807, 2.05) is 6.07 Å². The molecule has 2 aromatic heterocycles. The van der Waals surface area contributed by atoms with Crippen molar-refractivity contribution in [3.8, 4) is 5.75 Å². The lowest BCUT2D eigenvalue weighted by molar-refractivity contribution is 0.0981. The average Bonchev–Trinajstić information content (AvgIpc) is 3.64. The minimum absolute atomic E-state index is 0.0636. The van der Waals surface area contributed by atoms with Crippen LogP contribution in [0.1, 0.15) is 48.1 Å². The summed E-state index contributed by atoms with van der Waals surface area (Å²) in [6.45, 7) is 3.78. The molecule has 2 saturated heterocycles. The summed E-state index contributed by atoms with van der Waals surface area (Å²) in [5.74, 6) is -0.449. The van der Waals surface area contributed by atoms with Crippen LogP contribution in [0.3, 0.4) is 0 Å². The first-order valence-electron chi connectivity index (χ1n) is 12.3. The average molecular weight is 532 g/mol. The van der Waals surface area contributed by atoms with E-state index in [2.05, 4.69) is 14.7 Å². The molecule has 2 unspecified atom stereocenters. The highest BCUT2D eigenvalue weighted by Crippen LogP contribution is 2.41. The summed E-state index contributed by atoms with van der Waals surface area (Å²) in [4.78, 5) is 15.0. The second-order valence-electron chi connectivity index (χ2n) is 9.26. The fourth-order valence-corrected chi connectivity index (χ4v) is 5.65. The Kier molecular flexibility index (Phi) is 7.06. The largest absolute Gasteiger partial charge is 0.488 e. The van der Waals surface area contributed by atoms with Crippen LogP contribution in [-0.2, 0) is 14.9 Å². The zero-order chi connectivity index (χ0) is 26.2. The lowest BCUT2D eigenvalue weighted by atomic mass is 10.0. The third kappa shape index (κ3) is 5.13. The van der Waals surface area contributed by atoms with Gasteiger partial charge in [-0.1, -0.05) is 6.92 Å². The lowest BCUT2D eigenvalue weighted by Gasteiger charge is -2.29. The van der Waals surface area contributed by atoms with Crippen molar-refractivity contribution in [3.05, 3.63) is 59.7 Å². The number of nitrogens with zero attached hydrogens (tertiary/aromatic N) is 4. The van der Waals surface area contributed by atoms with Crippen molar-refractivity contribution in [2.45, 2.75) is 38.3 Å². The minimum atomic E-state index is -3.97. The highest BCUT2D eigenvalue weighted by Gasteiger charge is 2.31. The first kappa shape index (κ1) is 25.4. The topological polar surface area (TPSA) is 105 Å². The minimum Gasteiger partial charge on any atom is -0.488 e. The maximum absolute atomic E-state index is 14.4. The zero-order valence-corrected chi connectivity index (χ0v) is 21.6. The Hall–Kier alpha value is -3.22. The van der Waals surface area contributed by atoms with Gasteiger partial charge in [0.1, 0.15) is 17.7 Å². The van der Waals surface area contributed by atoms with Crippen molar-refractivity contribution < 1.29 is 27.1 Å². The second-order valence-corrected chi connectivity index (χ2v) is 11.0. The Bertz CT molecular complexity index is 1410. The van der Waals surface area contributed by atoms with Crippen LogP contribution in [0.5, 0.6) is 5.75 Å². The van der Waals surface area contributed by atoms with E-state index in [-0.39, 0.29) is 30.1 Å². The van der Waals surface area contributed by atoms with E-state index in [9.17, 15) is 17.6 Å². The van der Waals surface area contributed by atoms with Crippen molar-refractivity contribution in [1.29, 1.82) is 0 Å². The van der Waals surface area contributed by atoms with Gasteiger partial charge in [-0.25, -0.2) is 13.6 Å². The third-order valence-electron chi connectivity index (χ3n) is 6.92. The number of ether oxygens (including phenoxy) is 2. The number of pyridine rings is 1. The van der Waals surface area contributed by atoms with Gasteiger partial charge in [0.2, 0.25) is 0 Å². The number of carbonyl (C=O) groups is 1. The van der Waals surface area contributed by atoms with Gasteiger partial charge in [0.25, 0.3) is 5.91 Å². The highest BCUT2D eigenvalue weighted by atomic mass is 32.2. The molecule has 10 nitrogen and oxygen atoms in total. The first-order chi connectivity index (χ1) is 17.8. The Morgan fingerprint density at radius 2 is 2.14 bits per heavy atom. The molecule has 3 aromatic rings. The molecule has 2 atom stereocenters. The fraction of sp³-hybridized carbons (Fsp3) is 0.440. The molecule has 0 bridgehead atoms. The summed E-state index contributed by atoms with van der Waals surface area (Å²) in [6.07, 6.45) is 5.50. The molecule has 198 valence electrons. The van der Waals surface area contributed by atoms with Crippen molar-refractivity contribution in [1.82, 2.24) is 18.6 Å². The summed E-state index contributed by atoms with van der Waals surface area (Å²) in [6, 6.07) is 8.17. The molecule has 5 rings (SSSR count). The number of benzene rings is 1. The normalized spacial score (nSPS) is 20.2. The summed E-state index contributed by atoms with van der Waals surface area (Å²) in [7, 11) is -2.58. The maximum Gasteiger partial charge on any atom is 0.303 e. The molecule has 2 fully saturated rings. The molecule has 0 aliphatic carbocycles.